The molecule has 0 unspecified atom stereocenters. The minimum atomic E-state index is -4.74. The van der Waals surface area contributed by atoms with Crippen molar-refractivity contribution in [3.05, 3.63) is 57.8 Å². The van der Waals surface area contributed by atoms with Gasteiger partial charge in [0.2, 0.25) is 0 Å². The summed E-state index contributed by atoms with van der Waals surface area (Å²) < 4.78 is 51.9. The van der Waals surface area contributed by atoms with Gasteiger partial charge in [-0.3, -0.25) is 0 Å². The molecule has 9 heteroatoms. The number of benzene rings is 2. The Kier molecular flexibility index (Phi) is 5.01. The summed E-state index contributed by atoms with van der Waals surface area (Å²) in [6.07, 6.45) is -4.74. The zero-order valence-corrected chi connectivity index (χ0v) is 12.7. The third-order valence-corrected chi connectivity index (χ3v) is 3.34. The lowest BCUT2D eigenvalue weighted by Gasteiger charge is -2.14. The fraction of sp³-hybridized carbons (Fsp3) is 0.0714. The van der Waals surface area contributed by atoms with Gasteiger partial charge in [-0.2, -0.15) is 13.2 Å². The van der Waals surface area contributed by atoms with Crippen molar-refractivity contribution in [2.75, 3.05) is 10.6 Å². The zero-order valence-electron chi connectivity index (χ0n) is 11.1. The van der Waals surface area contributed by atoms with Gasteiger partial charge >= 0.3 is 12.2 Å². The standard InChI is InChI=1S/C14H8Cl2F4N2O/c15-7-5-8(14(18,19)20)12(16)11(6-7)22-13(23)21-10-4-2-1-3-9(10)17/h1-6H,(H2,21,22,23). The normalized spacial score (nSPS) is 11.2. The van der Waals surface area contributed by atoms with Crippen LogP contribution in [0, 0.1) is 5.82 Å². The van der Waals surface area contributed by atoms with Gasteiger partial charge in [0.1, 0.15) is 5.82 Å². The number of hydrogen-bond donors (Lipinski definition) is 2. The van der Waals surface area contributed by atoms with Crippen LogP contribution >= 0.6 is 23.2 Å². The number of halogens is 6. The highest BCUT2D eigenvalue weighted by Gasteiger charge is 2.34. The van der Waals surface area contributed by atoms with Gasteiger partial charge in [-0.05, 0) is 24.3 Å². The van der Waals surface area contributed by atoms with E-state index in [2.05, 4.69) is 10.6 Å². The molecule has 0 fully saturated rings. The third kappa shape index (κ3) is 4.27. The number of urea groups is 1. The number of carbonyl (C=O) groups excluding carboxylic acids is 1. The van der Waals surface area contributed by atoms with E-state index in [9.17, 15) is 22.4 Å². The van der Waals surface area contributed by atoms with Gasteiger partial charge < -0.3 is 10.6 Å². The molecular weight excluding hydrogens is 359 g/mol. The molecule has 0 spiro atoms. The second kappa shape index (κ2) is 6.64. The summed E-state index contributed by atoms with van der Waals surface area (Å²) in [5.74, 6) is -0.698. The monoisotopic (exact) mass is 366 g/mol. The van der Waals surface area contributed by atoms with Gasteiger partial charge in [0.25, 0.3) is 0 Å². The molecule has 2 rings (SSSR count). The fourth-order valence-electron chi connectivity index (χ4n) is 1.72. The fourth-order valence-corrected chi connectivity index (χ4v) is 2.21. The molecule has 0 aliphatic rings. The lowest BCUT2D eigenvalue weighted by Crippen LogP contribution is -2.21. The largest absolute Gasteiger partial charge is 0.417 e. The first-order chi connectivity index (χ1) is 10.7. The molecule has 0 saturated heterocycles. The maximum atomic E-state index is 13.4. The van der Waals surface area contributed by atoms with Gasteiger partial charge in [0.15, 0.2) is 0 Å². The Bertz CT molecular complexity index is 750. The second-order valence-electron chi connectivity index (χ2n) is 4.37. The smallest absolute Gasteiger partial charge is 0.306 e. The van der Waals surface area contributed by atoms with Gasteiger partial charge in [0.05, 0.1) is 22.0 Å². The average molecular weight is 367 g/mol. The molecule has 0 aliphatic heterocycles. The number of para-hydroxylation sites is 1. The summed E-state index contributed by atoms with van der Waals surface area (Å²) >= 11 is 11.3. The van der Waals surface area contributed by atoms with Crippen LogP contribution in [0.4, 0.5) is 33.7 Å². The lowest BCUT2D eigenvalue weighted by atomic mass is 10.2. The Morgan fingerprint density at radius 1 is 1.00 bits per heavy atom. The summed E-state index contributed by atoms with van der Waals surface area (Å²) in [6, 6.07) is 6.03. The van der Waals surface area contributed by atoms with E-state index in [1.54, 1.807) is 0 Å². The number of amides is 2. The molecule has 2 aromatic rings. The number of nitrogens with one attached hydrogen (secondary N) is 2. The first-order valence-electron chi connectivity index (χ1n) is 6.07. The van der Waals surface area contributed by atoms with Crippen LogP contribution in [0.25, 0.3) is 0 Å². The highest BCUT2D eigenvalue weighted by atomic mass is 35.5. The molecule has 2 aromatic carbocycles. The summed E-state index contributed by atoms with van der Waals surface area (Å²) in [4.78, 5) is 11.8. The summed E-state index contributed by atoms with van der Waals surface area (Å²) in [5.41, 5.74) is -1.67. The van der Waals surface area contributed by atoms with Crippen LogP contribution in [0.1, 0.15) is 5.56 Å². The van der Waals surface area contributed by atoms with Crippen LogP contribution in [-0.4, -0.2) is 6.03 Å². The van der Waals surface area contributed by atoms with E-state index in [0.717, 1.165) is 12.1 Å². The van der Waals surface area contributed by atoms with Crippen molar-refractivity contribution in [2.24, 2.45) is 0 Å². The van der Waals surface area contributed by atoms with Crippen LogP contribution < -0.4 is 10.6 Å². The molecular formula is C14H8Cl2F4N2O. The van der Waals surface area contributed by atoms with E-state index in [-0.39, 0.29) is 16.4 Å². The van der Waals surface area contributed by atoms with E-state index in [4.69, 9.17) is 23.2 Å². The van der Waals surface area contributed by atoms with E-state index in [1.807, 2.05) is 0 Å². The van der Waals surface area contributed by atoms with Crippen molar-refractivity contribution in [1.29, 1.82) is 0 Å². The van der Waals surface area contributed by atoms with Crippen molar-refractivity contribution in [3.63, 3.8) is 0 Å². The molecule has 0 radical (unpaired) electrons. The van der Waals surface area contributed by atoms with Gasteiger partial charge in [0, 0.05) is 5.02 Å². The molecule has 0 aromatic heterocycles. The summed E-state index contributed by atoms with van der Waals surface area (Å²) in [5, 5.41) is 3.28. The first kappa shape index (κ1) is 17.4. The van der Waals surface area contributed by atoms with E-state index in [0.29, 0.717) is 6.07 Å². The number of carbonyl (C=O) groups is 1. The minimum Gasteiger partial charge on any atom is -0.306 e. The number of anilines is 2. The third-order valence-electron chi connectivity index (χ3n) is 2.71. The SMILES string of the molecule is O=C(Nc1ccccc1F)Nc1cc(Cl)cc(C(F)(F)F)c1Cl. The van der Waals surface area contributed by atoms with Crippen LogP contribution in [-0.2, 0) is 6.18 Å². The Hall–Kier alpha value is -1.99. The number of rotatable bonds is 2. The molecule has 0 aliphatic carbocycles. The van der Waals surface area contributed by atoms with Gasteiger partial charge in [-0.15, -0.1) is 0 Å². The van der Waals surface area contributed by atoms with E-state index in [1.165, 1.54) is 18.2 Å². The lowest BCUT2D eigenvalue weighted by molar-refractivity contribution is -0.137. The minimum absolute atomic E-state index is 0.140. The molecule has 3 nitrogen and oxygen atoms in total. The van der Waals surface area contributed by atoms with Crippen LogP contribution in [0.5, 0.6) is 0 Å². The molecule has 0 heterocycles. The molecule has 23 heavy (non-hydrogen) atoms. The van der Waals surface area contributed by atoms with E-state index >= 15 is 0 Å². The first-order valence-corrected chi connectivity index (χ1v) is 6.83. The molecule has 122 valence electrons. The molecule has 0 bridgehead atoms. The van der Waals surface area contributed by atoms with Crippen LogP contribution in [0.2, 0.25) is 10.0 Å². The quantitative estimate of drug-likeness (QED) is 0.648. The van der Waals surface area contributed by atoms with Crippen LogP contribution in [0.3, 0.4) is 0 Å². The van der Waals surface area contributed by atoms with Crippen molar-refractivity contribution in [1.82, 2.24) is 0 Å². The maximum absolute atomic E-state index is 13.4. The Morgan fingerprint density at radius 2 is 1.61 bits per heavy atom. The topological polar surface area (TPSA) is 41.1 Å². The Balaban J connectivity index is 2.25. The van der Waals surface area contributed by atoms with Gasteiger partial charge in [-0.25, -0.2) is 9.18 Å². The summed E-state index contributed by atoms with van der Waals surface area (Å²) in [7, 11) is 0. The molecule has 2 amide bonds. The predicted molar refractivity (Wildman–Crippen MR) is 80.5 cm³/mol. The Morgan fingerprint density at radius 3 is 2.22 bits per heavy atom. The predicted octanol–water partition coefficient (Wildman–Crippen LogP) is 5.80. The average Bonchev–Trinajstić information content (AvgIpc) is 2.44. The molecule has 0 saturated carbocycles. The van der Waals surface area contributed by atoms with Crippen molar-refractivity contribution >= 4 is 40.6 Å². The van der Waals surface area contributed by atoms with Crippen molar-refractivity contribution < 1.29 is 22.4 Å². The molecule has 2 N–H and O–H groups in total. The number of alkyl halides is 3. The Labute approximate surface area is 138 Å². The highest BCUT2D eigenvalue weighted by Crippen LogP contribution is 2.40. The van der Waals surface area contributed by atoms with E-state index < -0.39 is 28.6 Å². The zero-order chi connectivity index (χ0) is 17.2. The summed E-state index contributed by atoms with van der Waals surface area (Å²) in [6.45, 7) is 0. The molecule has 0 atom stereocenters. The van der Waals surface area contributed by atoms with Crippen molar-refractivity contribution in [2.45, 2.75) is 6.18 Å². The van der Waals surface area contributed by atoms with Crippen LogP contribution in [0.15, 0.2) is 36.4 Å². The van der Waals surface area contributed by atoms with Gasteiger partial charge in [-0.1, -0.05) is 35.3 Å². The van der Waals surface area contributed by atoms with Crippen molar-refractivity contribution in [3.8, 4) is 0 Å². The number of hydrogen-bond acceptors (Lipinski definition) is 1. The second-order valence-corrected chi connectivity index (χ2v) is 5.19. The highest BCUT2D eigenvalue weighted by molar-refractivity contribution is 6.36. The maximum Gasteiger partial charge on any atom is 0.417 e.